The Bertz CT molecular complexity index is 365. The number of hydrogen-bond acceptors (Lipinski definition) is 2. The fraction of sp³-hybridized carbons (Fsp3) is 0.222. The Balaban J connectivity index is 2.57. The predicted molar refractivity (Wildman–Crippen MR) is 58.1 cm³/mol. The molecule has 0 atom stereocenters. The molecule has 1 aromatic rings. The molecule has 1 heterocycles. The van der Waals surface area contributed by atoms with Gasteiger partial charge in [0.1, 0.15) is 5.82 Å². The van der Waals surface area contributed by atoms with Crippen LogP contribution in [0.25, 0.3) is 0 Å². The number of fused-ring (bicyclic) bond motifs is 1. The summed E-state index contributed by atoms with van der Waals surface area (Å²) in [6.45, 7) is 0. The maximum absolute atomic E-state index is 13.4. The second-order valence-corrected chi connectivity index (χ2v) is 4.32. The zero-order valence-electron chi connectivity index (χ0n) is 7.08. The Labute approximate surface area is 85.9 Å². The summed E-state index contributed by atoms with van der Waals surface area (Å²) >= 11 is 6.69. The summed E-state index contributed by atoms with van der Waals surface area (Å²) in [5, 5.41) is 0. The van der Waals surface area contributed by atoms with Gasteiger partial charge in [0, 0.05) is 17.7 Å². The van der Waals surface area contributed by atoms with Crippen LogP contribution in [0.4, 0.5) is 10.1 Å². The van der Waals surface area contributed by atoms with Crippen molar-refractivity contribution in [2.75, 3.05) is 17.7 Å². The van der Waals surface area contributed by atoms with Crippen molar-refractivity contribution in [3.63, 3.8) is 0 Å². The molecule has 0 unspecified atom stereocenters. The molecular formula is C9H8FNS2. The molecular weight excluding hydrogens is 205 g/mol. The van der Waals surface area contributed by atoms with E-state index in [1.165, 1.54) is 6.07 Å². The molecule has 0 N–H and O–H groups in total. The molecule has 1 aliphatic rings. The molecule has 0 bridgehead atoms. The van der Waals surface area contributed by atoms with Gasteiger partial charge in [-0.15, -0.1) is 11.8 Å². The summed E-state index contributed by atoms with van der Waals surface area (Å²) in [6, 6.07) is 5.11. The Morgan fingerprint density at radius 2 is 2.31 bits per heavy atom. The highest BCUT2D eigenvalue weighted by Crippen LogP contribution is 2.36. The van der Waals surface area contributed by atoms with E-state index < -0.39 is 0 Å². The Hall–Kier alpha value is -0.610. The molecule has 0 fully saturated rings. The van der Waals surface area contributed by atoms with Crippen LogP contribution in [0.2, 0.25) is 0 Å². The van der Waals surface area contributed by atoms with Gasteiger partial charge in [0.05, 0.1) is 10.7 Å². The monoisotopic (exact) mass is 213 g/mol. The predicted octanol–water partition coefficient (Wildman–Crippen LogP) is 2.70. The third-order valence-electron chi connectivity index (χ3n) is 2.01. The fourth-order valence-corrected chi connectivity index (χ4v) is 2.59. The number of hydrogen-bond donors (Lipinski definition) is 0. The minimum atomic E-state index is -0.199. The molecule has 13 heavy (non-hydrogen) atoms. The van der Waals surface area contributed by atoms with Crippen LogP contribution in [0.3, 0.4) is 0 Å². The van der Waals surface area contributed by atoms with Crippen LogP contribution in [0.5, 0.6) is 0 Å². The zero-order valence-corrected chi connectivity index (χ0v) is 8.71. The number of rotatable bonds is 0. The topological polar surface area (TPSA) is 3.24 Å². The summed E-state index contributed by atoms with van der Waals surface area (Å²) < 4.78 is 13.4. The average molecular weight is 213 g/mol. The molecule has 0 spiro atoms. The van der Waals surface area contributed by atoms with Gasteiger partial charge in [0.2, 0.25) is 0 Å². The fourth-order valence-electron chi connectivity index (χ4n) is 1.30. The number of halogens is 1. The maximum Gasteiger partial charge on any atom is 0.148 e. The second-order valence-electron chi connectivity index (χ2n) is 2.83. The molecule has 0 aromatic heterocycles. The van der Waals surface area contributed by atoms with E-state index in [0.717, 1.165) is 15.6 Å². The number of anilines is 1. The van der Waals surface area contributed by atoms with Gasteiger partial charge in [-0.05, 0) is 12.1 Å². The van der Waals surface area contributed by atoms with Gasteiger partial charge in [-0.3, -0.25) is 0 Å². The smallest absolute Gasteiger partial charge is 0.148 e. The SMILES string of the molecule is CN1C(=S)CSc2cccc(F)c21. The van der Waals surface area contributed by atoms with Gasteiger partial charge in [-0.25, -0.2) is 4.39 Å². The third-order valence-corrected chi connectivity index (χ3v) is 3.67. The molecule has 0 saturated heterocycles. The van der Waals surface area contributed by atoms with Crippen molar-refractivity contribution in [2.45, 2.75) is 4.90 Å². The van der Waals surface area contributed by atoms with Crippen molar-refractivity contribution in [1.29, 1.82) is 0 Å². The van der Waals surface area contributed by atoms with Crippen LogP contribution in [-0.2, 0) is 0 Å². The molecule has 0 saturated carbocycles. The van der Waals surface area contributed by atoms with Crippen molar-refractivity contribution in [3.05, 3.63) is 24.0 Å². The first kappa shape index (κ1) is 8.97. The lowest BCUT2D eigenvalue weighted by atomic mass is 10.3. The summed E-state index contributed by atoms with van der Waals surface area (Å²) in [5.41, 5.74) is 0.615. The van der Waals surface area contributed by atoms with E-state index in [2.05, 4.69) is 0 Å². The Kier molecular flexibility index (Phi) is 2.26. The van der Waals surface area contributed by atoms with Crippen LogP contribution < -0.4 is 4.90 Å². The second kappa shape index (κ2) is 3.27. The van der Waals surface area contributed by atoms with Gasteiger partial charge in [-0.2, -0.15) is 0 Å². The lowest BCUT2D eigenvalue weighted by Crippen LogP contribution is -2.30. The normalized spacial score (nSPS) is 15.8. The molecule has 2 rings (SSSR count). The maximum atomic E-state index is 13.4. The molecule has 1 aliphatic heterocycles. The standard InChI is InChI=1S/C9H8FNS2/c1-11-8(12)5-13-7-4-2-3-6(10)9(7)11/h2-4H,5H2,1H3. The van der Waals surface area contributed by atoms with Gasteiger partial charge >= 0.3 is 0 Å². The van der Waals surface area contributed by atoms with Crippen LogP contribution in [0, 0.1) is 5.82 Å². The number of para-hydroxylation sites is 1. The molecule has 0 aliphatic carbocycles. The highest BCUT2D eigenvalue weighted by atomic mass is 32.2. The van der Waals surface area contributed by atoms with E-state index in [4.69, 9.17) is 12.2 Å². The Morgan fingerprint density at radius 1 is 1.54 bits per heavy atom. The summed E-state index contributed by atoms with van der Waals surface area (Å²) in [5.74, 6) is 0.567. The number of nitrogens with zero attached hydrogens (tertiary/aromatic N) is 1. The molecule has 1 nitrogen and oxygen atoms in total. The lowest BCUT2D eigenvalue weighted by molar-refractivity contribution is 0.624. The van der Waals surface area contributed by atoms with E-state index in [0.29, 0.717) is 5.69 Å². The van der Waals surface area contributed by atoms with Crippen LogP contribution >= 0.6 is 24.0 Å². The third kappa shape index (κ3) is 1.44. The van der Waals surface area contributed by atoms with Gasteiger partial charge in [-0.1, -0.05) is 18.3 Å². The molecule has 0 amide bonds. The summed E-state index contributed by atoms with van der Waals surface area (Å²) in [6.07, 6.45) is 0. The first-order valence-corrected chi connectivity index (χ1v) is 5.27. The first-order valence-electron chi connectivity index (χ1n) is 3.88. The van der Waals surface area contributed by atoms with Crippen molar-refractivity contribution < 1.29 is 4.39 Å². The number of thioether (sulfide) groups is 1. The van der Waals surface area contributed by atoms with Crippen molar-refractivity contribution in [2.24, 2.45) is 0 Å². The van der Waals surface area contributed by atoms with Crippen molar-refractivity contribution in [1.82, 2.24) is 0 Å². The van der Waals surface area contributed by atoms with E-state index in [9.17, 15) is 4.39 Å². The molecule has 68 valence electrons. The highest BCUT2D eigenvalue weighted by Gasteiger charge is 2.21. The molecule has 4 heteroatoms. The van der Waals surface area contributed by atoms with Gasteiger partial charge in [0.25, 0.3) is 0 Å². The highest BCUT2D eigenvalue weighted by molar-refractivity contribution is 8.01. The Morgan fingerprint density at radius 3 is 3.08 bits per heavy atom. The van der Waals surface area contributed by atoms with Gasteiger partial charge < -0.3 is 4.90 Å². The zero-order chi connectivity index (χ0) is 9.42. The largest absolute Gasteiger partial charge is 0.335 e. The van der Waals surface area contributed by atoms with Crippen molar-refractivity contribution >= 4 is 34.7 Å². The lowest BCUT2D eigenvalue weighted by Gasteiger charge is -2.27. The summed E-state index contributed by atoms with van der Waals surface area (Å²) in [4.78, 5) is 3.50. The molecule has 1 aromatic carbocycles. The van der Waals surface area contributed by atoms with E-state index >= 15 is 0 Å². The first-order chi connectivity index (χ1) is 6.20. The quantitative estimate of drug-likeness (QED) is 0.610. The van der Waals surface area contributed by atoms with E-state index in [1.807, 2.05) is 13.1 Å². The minimum Gasteiger partial charge on any atom is -0.335 e. The van der Waals surface area contributed by atoms with Crippen LogP contribution in [0.1, 0.15) is 0 Å². The van der Waals surface area contributed by atoms with E-state index in [-0.39, 0.29) is 5.82 Å². The minimum absolute atomic E-state index is 0.199. The molecule has 0 radical (unpaired) electrons. The van der Waals surface area contributed by atoms with Crippen LogP contribution in [-0.4, -0.2) is 17.8 Å². The van der Waals surface area contributed by atoms with Crippen LogP contribution in [0.15, 0.2) is 23.1 Å². The van der Waals surface area contributed by atoms with E-state index in [1.54, 1.807) is 22.7 Å². The van der Waals surface area contributed by atoms with Crippen molar-refractivity contribution in [3.8, 4) is 0 Å². The summed E-state index contributed by atoms with van der Waals surface area (Å²) in [7, 11) is 1.81. The number of thiocarbonyl (C=S) groups is 1. The average Bonchev–Trinajstić information content (AvgIpc) is 2.12. The van der Waals surface area contributed by atoms with Gasteiger partial charge in [0.15, 0.2) is 0 Å². The number of benzene rings is 1.